The molecule has 0 radical (unpaired) electrons. The van der Waals surface area contributed by atoms with Crippen molar-refractivity contribution in [1.82, 2.24) is 10.3 Å². The minimum atomic E-state index is -0.175. The van der Waals surface area contributed by atoms with E-state index in [2.05, 4.69) is 10.3 Å². The van der Waals surface area contributed by atoms with Crippen molar-refractivity contribution in [3.8, 4) is 5.75 Å². The zero-order valence-corrected chi connectivity index (χ0v) is 10.3. The van der Waals surface area contributed by atoms with Gasteiger partial charge in [-0.3, -0.25) is 4.79 Å². The number of benzene rings is 1. The minimum Gasteiger partial charge on any atom is -0.508 e. The van der Waals surface area contributed by atoms with Crippen molar-refractivity contribution in [3.63, 3.8) is 0 Å². The number of nitrogen functional groups attached to an aromatic ring is 1. The second-order valence-corrected chi connectivity index (χ2v) is 4.14. The largest absolute Gasteiger partial charge is 0.508 e. The van der Waals surface area contributed by atoms with E-state index in [1.807, 2.05) is 12.1 Å². The van der Waals surface area contributed by atoms with E-state index < -0.39 is 0 Å². The standard InChI is InChI=1S/C14H15N3O2/c15-13-6-3-11(9-17-13)14(19)16-8-7-10-1-4-12(18)5-2-10/h1-6,9,18H,7-8H2,(H2,15,17)(H,16,19). The third kappa shape index (κ3) is 3.70. The number of carbonyl (C=O) groups is 1. The molecule has 19 heavy (non-hydrogen) atoms. The summed E-state index contributed by atoms with van der Waals surface area (Å²) >= 11 is 0. The number of phenolic OH excluding ortho intramolecular Hbond substituents is 1. The van der Waals surface area contributed by atoms with Gasteiger partial charge in [-0.25, -0.2) is 4.98 Å². The predicted octanol–water partition coefficient (Wildman–Crippen LogP) is 1.34. The lowest BCUT2D eigenvalue weighted by Crippen LogP contribution is -2.25. The SMILES string of the molecule is Nc1ccc(C(=O)NCCc2ccc(O)cc2)cn1. The number of hydrogen-bond acceptors (Lipinski definition) is 4. The molecule has 1 aromatic heterocycles. The lowest BCUT2D eigenvalue weighted by atomic mass is 10.1. The Bertz CT molecular complexity index is 550. The third-order valence-corrected chi connectivity index (χ3v) is 2.68. The van der Waals surface area contributed by atoms with Gasteiger partial charge in [0, 0.05) is 12.7 Å². The highest BCUT2D eigenvalue weighted by Gasteiger charge is 2.04. The number of hydrogen-bond donors (Lipinski definition) is 3. The van der Waals surface area contributed by atoms with Gasteiger partial charge < -0.3 is 16.2 Å². The molecule has 0 aliphatic rings. The Hall–Kier alpha value is -2.56. The Morgan fingerprint density at radius 2 is 1.95 bits per heavy atom. The first kappa shape index (κ1) is 12.9. The lowest BCUT2D eigenvalue weighted by molar-refractivity contribution is 0.0954. The van der Waals surface area contributed by atoms with Gasteiger partial charge in [-0.2, -0.15) is 0 Å². The van der Waals surface area contributed by atoms with Gasteiger partial charge in [-0.15, -0.1) is 0 Å². The second-order valence-electron chi connectivity index (χ2n) is 4.14. The van der Waals surface area contributed by atoms with Crippen molar-refractivity contribution in [1.29, 1.82) is 0 Å². The van der Waals surface area contributed by atoms with Gasteiger partial charge >= 0.3 is 0 Å². The number of nitrogens with one attached hydrogen (secondary N) is 1. The second kappa shape index (κ2) is 5.86. The van der Waals surface area contributed by atoms with Gasteiger partial charge in [-0.05, 0) is 36.2 Å². The fourth-order valence-electron chi connectivity index (χ4n) is 1.62. The molecule has 0 saturated heterocycles. The lowest BCUT2D eigenvalue weighted by Gasteiger charge is -2.05. The van der Waals surface area contributed by atoms with E-state index >= 15 is 0 Å². The number of aromatic nitrogens is 1. The molecule has 0 atom stereocenters. The van der Waals surface area contributed by atoms with Crippen molar-refractivity contribution >= 4 is 11.7 Å². The summed E-state index contributed by atoms with van der Waals surface area (Å²) in [6, 6.07) is 10.1. The Balaban J connectivity index is 1.84. The normalized spacial score (nSPS) is 10.1. The van der Waals surface area contributed by atoms with Crippen LogP contribution in [0.1, 0.15) is 15.9 Å². The van der Waals surface area contributed by atoms with E-state index in [1.165, 1.54) is 6.20 Å². The summed E-state index contributed by atoms with van der Waals surface area (Å²) in [6.07, 6.45) is 2.15. The molecule has 0 aliphatic heterocycles. The molecule has 0 bridgehead atoms. The zero-order chi connectivity index (χ0) is 13.7. The molecule has 1 aromatic carbocycles. The zero-order valence-electron chi connectivity index (χ0n) is 10.3. The molecule has 1 heterocycles. The Morgan fingerprint density at radius 3 is 2.58 bits per heavy atom. The fraction of sp³-hybridized carbons (Fsp3) is 0.143. The molecule has 2 aromatic rings. The van der Waals surface area contributed by atoms with Crippen molar-refractivity contribution in [2.75, 3.05) is 12.3 Å². The van der Waals surface area contributed by atoms with Gasteiger partial charge in [-0.1, -0.05) is 12.1 Å². The molecule has 1 amide bonds. The van der Waals surface area contributed by atoms with Crippen LogP contribution in [0.2, 0.25) is 0 Å². The molecular weight excluding hydrogens is 242 g/mol. The molecule has 4 N–H and O–H groups in total. The molecule has 5 heteroatoms. The number of phenols is 1. The van der Waals surface area contributed by atoms with Crippen molar-refractivity contribution < 1.29 is 9.90 Å². The number of pyridine rings is 1. The van der Waals surface area contributed by atoms with Gasteiger partial charge in [0.25, 0.3) is 5.91 Å². The van der Waals surface area contributed by atoms with Crippen LogP contribution in [0, 0.1) is 0 Å². The molecule has 5 nitrogen and oxygen atoms in total. The highest BCUT2D eigenvalue weighted by molar-refractivity contribution is 5.93. The predicted molar refractivity (Wildman–Crippen MR) is 72.8 cm³/mol. The average Bonchev–Trinajstić information content (AvgIpc) is 2.41. The summed E-state index contributed by atoms with van der Waals surface area (Å²) in [6.45, 7) is 0.522. The van der Waals surface area contributed by atoms with Crippen LogP contribution < -0.4 is 11.1 Å². The van der Waals surface area contributed by atoms with Crippen LogP contribution in [0.5, 0.6) is 5.75 Å². The maximum Gasteiger partial charge on any atom is 0.252 e. The third-order valence-electron chi connectivity index (χ3n) is 2.68. The van der Waals surface area contributed by atoms with Gasteiger partial charge in [0.1, 0.15) is 11.6 Å². The maximum absolute atomic E-state index is 11.8. The topological polar surface area (TPSA) is 88.2 Å². The molecule has 0 spiro atoms. The summed E-state index contributed by atoms with van der Waals surface area (Å²) in [4.78, 5) is 15.6. The van der Waals surface area contributed by atoms with E-state index in [0.717, 1.165) is 5.56 Å². The Kier molecular flexibility index (Phi) is 3.97. The quantitative estimate of drug-likeness (QED) is 0.771. The molecule has 2 rings (SSSR count). The summed E-state index contributed by atoms with van der Waals surface area (Å²) < 4.78 is 0. The van der Waals surface area contributed by atoms with E-state index in [1.54, 1.807) is 24.3 Å². The summed E-state index contributed by atoms with van der Waals surface area (Å²) in [5.41, 5.74) is 6.99. The summed E-state index contributed by atoms with van der Waals surface area (Å²) in [5.74, 6) is 0.452. The smallest absolute Gasteiger partial charge is 0.252 e. The molecular formula is C14H15N3O2. The first-order valence-corrected chi connectivity index (χ1v) is 5.93. The Labute approximate surface area is 111 Å². The number of anilines is 1. The average molecular weight is 257 g/mol. The van der Waals surface area contributed by atoms with Crippen LogP contribution in [-0.2, 0) is 6.42 Å². The monoisotopic (exact) mass is 257 g/mol. The first-order valence-electron chi connectivity index (χ1n) is 5.93. The summed E-state index contributed by atoms with van der Waals surface area (Å²) in [5, 5.41) is 12.0. The molecule has 98 valence electrons. The van der Waals surface area contributed by atoms with E-state index in [0.29, 0.717) is 24.3 Å². The minimum absolute atomic E-state index is 0.175. The number of amides is 1. The van der Waals surface area contributed by atoms with Crippen LogP contribution in [0.4, 0.5) is 5.82 Å². The molecule has 0 unspecified atom stereocenters. The molecule has 0 fully saturated rings. The van der Waals surface area contributed by atoms with Crippen LogP contribution in [-0.4, -0.2) is 22.5 Å². The molecule has 0 saturated carbocycles. The van der Waals surface area contributed by atoms with E-state index in [-0.39, 0.29) is 11.7 Å². The fourth-order valence-corrected chi connectivity index (χ4v) is 1.62. The van der Waals surface area contributed by atoms with E-state index in [4.69, 9.17) is 10.8 Å². The van der Waals surface area contributed by atoms with Crippen LogP contribution in [0.25, 0.3) is 0 Å². The van der Waals surface area contributed by atoms with Gasteiger partial charge in [0.05, 0.1) is 5.56 Å². The number of aromatic hydroxyl groups is 1. The highest BCUT2D eigenvalue weighted by Crippen LogP contribution is 2.09. The number of carbonyl (C=O) groups excluding carboxylic acids is 1. The highest BCUT2D eigenvalue weighted by atomic mass is 16.3. The number of nitrogens with zero attached hydrogens (tertiary/aromatic N) is 1. The van der Waals surface area contributed by atoms with Crippen LogP contribution in [0.15, 0.2) is 42.6 Å². The van der Waals surface area contributed by atoms with Crippen molar-refractivity contribution in [2.24, 2.45) is 0 Å². The number of nitrogens with two attached hydrogens (primary N) is 1. The van der Waals surface area contributed by atoms with Gasteiger partial charge in [0.2, 0.25) is 0 Å². The number of rotatable bonds is 4. The summed E-state index contributed by atoms with van der Waals surface area (Å²) in [7, 11) is 0. The van der Waals surface area contributed by atoms with Crippen molar-refractivity contribution in [3.05, 3.63) is 53.7 Å². The maximum atomic E-state index is 11.8. The van der Waals surface area contributed by atoms with Crippen molar-refractivity contribution in [2.45, 2.75) is 6.42 Å². The Morgan fingerprint density at radius 1 is 1.21 bits per heavy atom. The molecule has 0 aliphatic carbocycles. The first-order chi connectivity index (χ1) is 9.15. The van der Waals surface area contributed by atoms with Crippen LogP contribution >= 0.6 is 0 Å². The van der Waals surface area contributed by atoms with E-state index in [9.17, 15) is 4.79 Å². The van der Waals surface area contributed by atoms with Crippen LogP contribution in [0.3, 0.4) is 0 Å². The van der Waals surface area contributed by atoms with Gasteiger partial charge in [0.15, 0.2) is 0 Å².